The quantitative estimate of drug-likeness (QED) is 0.780. The number of hydrogen-bond acceptors (Lipinski definition) is 4. The summed E-state index contributed by atoms with van der Waals surface area (Å²) in [6.07, 6.45) is 3.64. The molecule has 1 heterocycles. The van der Waals surface area contributed by atoms with Crippen LogP contribution in [0.2, 0.25) is 0 Å². The molecule has 112 valence electrons. The molecule has 0 bridgehead atoms. The van der Waals surface area contributed by atoms with Gasteiger partial charge in [0.15, 0.2) is 0 Å². The second-order valence-corrected chi connectivity index (χ2v) is 8.01. The van der Waals surface area contributed by atoms with Crippen LogP contribution in [-0.4, -0.2) is 56.9 Å². The van der Waals surface area contributed by atoms with Gasteiger partial charge in [-0.3, -0.25) is 9.69 Å². The van der Waals surface area contributed by atoms with Crippen LogP contribution in [0.5, 0.6) is 0 Å². The summed E-state index contributed by atoms with van der Waals surface area (Å²) in [4.78, 5) is 13.9. The van der Waals surface area contributed by atoms with Gasteiger partial charge in [0.2, 0.25) is 5.91 Å². The monoisotopic (exact) mass is 290 g/mol. The third-order valence-corrected chi connectivity index (χ3v) is 4.68. The number of rotatable bonds is 6. The highest BCUT2D eigenvalue weighted by atomic mass is 32.2. The fraction of sp³-hybridized carbons (Fsp3) is 0.923. The lowest BCUT2D eigenvalue weighted by atomic mass is 9.98. The van der Waals surface area contributed by atoms with Crippen LogP contribution in [0, 0.1) is 5.92 Å². The molecule has 19 heavy (non-hydrogen) atoms. The second kappa shape index (κ2) is 7.24. The number of nitrogens with one attached hydrogen (secondary N) is 1. The van der Waals surface area contributed by atoms with Gasteiger partial charge in [0.1, 0.15) is 9.84 Å². The molecule has 0 spiro atoms. The first kappa shape index (κ1) is 16.4. The highest BCUT2D eigenvalue weighted by molar-refractivity contribution is 7.90. The topological polar surface area (TPSA) is 66.5 Å². The fourth-order valence-electron chi connectivity index (χ4n) is 2.23. The predicted octanol–water partition coefficient (Wildman–Crippen LogP) is 0.658. The molecule has 1 saturated heterocycles. The molecular weight excluding hydrogens is 264 g/mol. The van der Waals surface area contributed by atoms with Crippen molar-refractivity contribution in [1.29, 1.82) is 0 Å². The van der Waals surface area contributed by atoms with E-state index in [0.717, 1.165) is 25.3 Å². The molecule has 6 heteroatoms. The minimum atomic E-state index is -3.06. The predicted molar refractivity (Wildman–Crippen MR) is 76.8 cm³/mol. The van der Waals surface area contributed by atoms with E-state index in [9.17, 15) is 13.2 Å². The van der Waals surface area contributed by atoms with Crippen LogP contribution in [-0.2, 0) is 14.6 Å². The van der Waals surface area contributed by atoms with Crippen molar-refractivity contribution in [2.75, 3.05) is 31.6 Å². The lowest BCUT2D eigenvalue weighted by molar-refractivity contribution is -0.120. The number of likely N-dealkylation sites (tertiary alicyclic amines) is 1. The zero-order valence-corrected chi connectivity index (χ0v) is 13.0. The van der Waals surface area contributed by atoms with E-state index in [0.29, 0.717) is 12.6 Å². The molecule has 0 aliphatic carbocycles. The summed E-state index contributed by atoms with van der Waals surface area (Å²) >= 11 is 0. The van der Waals surface area contributed by atoms with Crippen molar-refractivity contribution in [3.63, 3.8) is 0 Å². The van der Waals surface area contributed by atoms with Gasteiger partial charge in [-0.1, -0.05) is 6.92 Å². The Hall–Kier alpha value is -0.620. The lowest BCUT2D eigenvalue weighted by Gasteiger charge is -2.35. The van der Waals surface area contributed by atoms with Crippen LogP contribution in [0.3, 0.4) is 0 Å². The van der Waals surface area contributed by atoms with Crippen molar-refractivity contribution in [3.8, 4) is 0 Å². The van der Waals surface area contributed by atoms with E-state index in [-0.39, 0.29) is 18.1 Å². The molecule has 0 radical (unpaired) electrons. The molecule has 1 aliphatic rings. The third kappa shape index (κ3) is 6.92. The van der Waals surface area contributed by atoms with Crippen molar-refractivity contribution in [1.82, 2.24) is 10.2 Å². The minimum Gasteiger partial charge on any atom is -0.355 e. The van der Waals surface area contributed by atoms with Crippen LogP contribution in [0.15, 0.2) is 0 Å². The van der Waals surface area contributed by atoms with E-state index in [2.05, 4.69) is 24.1 Å². The molecule has 1 unspecified atom stereocenters. The summed E-state index contributed by atoms with van der Waals surface area (Å²) in [6, 6.07) is 0.315. The molecular formula is C13H26N2O3S. The molecule has 1 rings (SSSR count). The van der Waals surface area contributed by atoms with Crippen molar-refractivity contribution >= 4 is 15.7 Å². The molecule has 1 N–H and O–H groups in total. The maximum absolute atomic E-state index is 11.5. The number of piperidine rings is 1. The summed E-state index contributed by atoms with van der Waals surface area (Å²) in [5.74, 6) is 0.546. The number of hydrogen-bond donors (Lipinski definition) is 1. The van der Waals surface area contributed by atoms with Gasteiger partial charge in [0.05, 0.1) is 5.75 Å². The van der Waals surface area contributed by atoms with E-state index >= 15 is 0 Å². The van der Waals surface area contributed by atoms with Gasteiger partial charge in [-0.05, 0) is 38.8 Å². The molecule has 1 amide bonds. The molecule has 5 nitrogen and oxygen atoms in total. The van der Waals surface area contributed by atoms with E-state index in [4.69, 9.17) is 0 Å². The Morgan fingerprint density at radius 3 is 2.47 bits per heavy atom. The molecule has 1 fully saturated rings. The molecule has 1 atom stereocenters. The summed E-state index contributed by atoms with van der Waals surface area (Å²) in [7, 11) is -3.06. The minimum absolute atomic E-state index is 0.0581. The van der Waals surface area contributed by atoms with Crippen LogP contribution in [0.1, 0.15) is 33.1 Å². The maximum Gasteiger partial charge on any atom is 0.221 e. The third-order valence-electron chi connectivity index (χ3n) is 3.74. The molecule has 0 saturated carbocycles. The Morgan fingerprint density at radius 1 is 1.37 bits per heavy atom. The van der Waals surface area contributed by atoms with Gasteiger partial charge in [-0.2, -0.15) is 0 Å². The fourth-order valence-corrected chi connectivity index (χ4v) is 2.78. The first-order valence-electron chi connectivity index (χ1n) is 6.96. The van der Waals surface area contributed by atoms with Crippen molar-refractivity contribution < 1.29 is 13.2 Å². The second-order valence-electron chi connectivity index (χ2n) is 5.75. The van der Waals surface area contributed by atoms with E-state index in [1.54, 1.807) is 0 Å². The first-order chi connectivity index (χ1) is 8.78. The van der Waals surface area contributed by atoms with Crippen molar-refractivity contribution in [3.05, 3.63) is 0 Å². The number of carbonyl (C=O) groups is 1. The normalized spacial score (nSPS) is 20.2. The summed E-state index contributed by atoms with van der Waals surface area (Å²) in [5.41, 5.74) is 0. The van der Waals surface area contributed by atoms with Crippen LogP contribution in [0.25, 0.3) is 0 Å². The van der Waals surface area contributed by atoms with Crippen molar-refractivity contribution in [2.24, 2.45) is 5.92 Å². The Balaban J connectivity index is 2.22. The van der Waals surface area contributed by atoms with Crippen LogP contribution in [0.4, 0.5) is 0 Å². The molecule has 0 aromatic carbocycles. The van der Waals surface area contributed by atoms with Gasteiger partial charge >= 0.3 is 0 Å². The van der Waals surface area contributed by atoms with Gasteiger partial charge in [0.25, 0.3) is 0 Å². The zero-order valence-electron chi connectivity index (χ0n) is 12.2. The van der Waals surface area contributed by atoms with E-state index < -0.39 is 9.84 Å². The Labute approximate surface area is 116 Å². The number of sulfone groups is 1. The number of carbonyl (C=O) groups excluding carboxylic acids is 1. The molecule has 0 aromatic rings. The zero-order chi connectivity index (χ0) is 14.5. The standard InChI is InChI=1S/C13H26N2O3S/c1-11-4-7-15(8-5-11)12(2)10-14-13(16)6-9-19(3,17)18/h11-12H,4-10H2,1-3H3,(H,14,16). The highest BCUT2D eigenvalue weighted by Crippen LogP contribution is 2.17. The lowest BCUT2D eigenvalue weighted by Crippen LogP contribution is -2.45. The SMILES string of the molecule is CC1CCN(C(C)CNC(=O)CCS(C)(=O)=O)CC1. The summed E-state index contributed by atoms with van der Waals surface area (Å²) < 4.78 is 21.9. The highest BCUT2D eigenvalue weighted by Gasteiger charge is 2.20. The summed E-state index contributed by atoms with van der Waals surface area (Å²) in [5, 5.41) is 2.82. The van der Waals surface area contributed by atoms with E-state index in [1.807, 2.05) is 0 Å². The van der Waals surface area contributed by atoms with Gasteiger partial charge in [-0.15, -0.1) is 0 Å². The van der Waals surface area contributed by atoms with E-state index in [1.165, 1.54) is 12.8 Å². The Morgan fingerprint density at radius 2 is 1.95 bits per heavy atom. The van der Waals surface area contributed by atoms with Gasteiger partial charge < -0.3 is 5.32 Å². The molecule has 0 aromatic heterocycles. The largest absolute Gasteiger partial charge is 0.355 e. The smallest absolute Gasteiger partial charge is 0.221 e. The van der Waals surface area contributed by atoms with Gasteiger partial charge in [0, 0.05) is 25.3 Å². The summed E-state index contributed by atoms with van der Waals surface area (Å²) in [6.45, 7) is 7.14. The molecule has 1 aliphatic heterocycles. The Bertz CT molecular complexity index is 387. The number of nitrogens with zero attached hydrogens (tertiary/aromatic N) is 1. The average Bonchev–Trinajstić information content (AvgIpc) is 2.33. The van der Waals surface area contributed by atoms with Crippen LogP contribution >= 0.6 is 0 Å². The Kier molecular flexibility index (Phi) is 6.26. The first-order valence-corrected chi connectivity index (χ1v) is 9.02. The maximum atomic E-state index is 11.5. The van der Waals surface area contributed by atoms with Crippen LogP contribution < -0.4 is 5.32 Å². The average molecular weight is 290 g/mol. The number of amides is 1. The van der Waals surface area contributed by atoms with Crippen molar-refractivity contribution in [2.45, 2.75) is 39.2 Å². The van der Waals surface area contributed by atoms with Gasteiger partial charge in [-0.25, -0.2) is 8.42 Å².